The molecule has 2 aromatic rings. The maximum absolute atomic E-state index is 5.97. The third-order valence-electron chi connectivity index (χ3n) is 4.24. The van der Waals surface area contributed by atoms with Gasteiger partial charge in [-0.05, 0) is 31.0 Å². The summed E-state index contributed by atoms with van der Waals surface area (Å²) in [5, 5.41) is 3.09. The monoisotopic (exact) mass is 497 g/mol. The van der Waals surface area contributed by atoms with E-state index in [9.17, 15) is 0 Å². The first-order valence-electron chi connectivity index (χ1n) is 9.35. The zero-order valence-electron chi connectivity index (χ0n) is 16.1. The van der Waals surface area contributed by atoms with Gasteiger partial charge in [-0.25, -0.2) is 0 Å². The second-order valence-corrected chi connectivity index (χ2v) is 6.38. The first-order valence-corrected chi connectivity index (χ1v) is 9.35. The molecule has 6 nitrogen and oxygen atoms in total. The van der Waals surface area contributed by atoms with Crippen molar-refractivity contribution in [1.82, 2.24) is 0 Å². The number of nitrogens with two attached hydrogens (primary N) is 1. The zero-order valence-corrected chi connectivity index (χ0v) is 18.4. The summed E-state index contributed by atoms with van der Waals surface area (Å²) in [7, 11) is 0. The predicted octanol–water partition coefficient (Wildman–Crippen LogP) is 4.36. The topological polar surface area (TPSA) is 78.1 Å². The Kier molecular flexibility index (Phi) is 9.36. The van der Waals surface area contributed by atoms with Crippen LogP contribution in [0.15, 0.2) is 53.5 Å². The second-order valence-electron chi connectivity index (χ2n) is 6.38. The summed E-state index contributed by atoms with van der Waals surface area (Å²) >= 11 is 0. The summed E-state index contributed by atoms with van der Waals surface area (Å²) in [6.45, 7) is 4.62. The van der Waals surface area contributed by atoms with E-state index in [4.69, 9.17) is 19.9 Å². The van der Waals surface area contributed by atoms with Crippen LogP contribution in [0.4, 0.5) is 5.69 Å². The van der Waals surface area contributed by atoms with E-state index in [1.54, 1.807) is 0 Å². The van der Waals surface area contributed by atoms with Gasteiger partial charge in [-0.3, -0.25) is 4.99 Å². The molecule has 0 radical (unpaired) electrons. The quantitative estimate of drug-likeness (QED) is 0.257. The van der Waals surface area contributed by atoms with Gasteiger partial charge in [-0.1, -0.05) is 30.3 Å². The van der Waals surface area contributed by atoms with Gasteiger partial charge in [0.1, 0.15) is 0 Å². The van der Waals surface area contributed by atoms with Gasteiger partial charge in [0.05, 0.1) is 19.3 Å². The van der Waals surface area contributed by atoms with Gasteiger partial charge in [-0.15, -0.1) is 24.0 Å². The van der Waals surface area contributed by atoms with Gasteiger partial charge in [0.15, 0.2) is 17.5 Å². The Labute approximate surface area is 183 Å². The van der Waals surface area contributed by atoms with Crippen LogP contribution in [0.2, 0.25) is 0 Å². The van der Waals surface area contributed by atoms with Crippen LogP contribution in [0.1, 0.15) is 31.4 Å². The summed E-state index contributed by atoms with van der Waals surface area (Å²) in [6, 6.07) is 15.9. The summed E-state index contributed by atoms with van der Waals surface area (Å²) in [4.78, 5) is 4.35. The van der Waals surface area contributed by atoms with Crippen LogP contribution in [0.25, 0.3) is 0 Å². The number of ether oxygens (including phenoxy) is 3. The molecule has 0 saturated heterocycles. The van der Waals surface area contributed by atoms with Crippen molar-refractivity contribution in [2.75, 3.05) is 31.7 Å². The van der Waals surface area contributed by atoms with Crippen LogP contribution in [-0.2, 0) is 4.74 Å². The molecule has 1 heterocycles. The van der Waals surface area contributed by atoms with Gasteiger partial charge in [0.2, 0.25) is 0 Å². The van der Waals surface area contributed by atoms with Crippen molar-refractivity contribution in [2.24, 2.45) is 10.7 Å². The van der Waals surface area contributed by atoms with Crippen LogP contribution in [0.3, 0.4) is 0 Å². The molecule has 1 unspecified atom stereocenters. The second kappa shape index (κ2) is 11.8. The van der Waals surface area contributed by atoms with E-state index >= 15 is 0 Å². The molecule has 0 fully saturated rings. The number of guanidine groups is 1. The van der Waals surface area contributed by atoms with E-state index in [0.29, 0.717) is 32.3 Å². The molecule has 152 valence electrons. The molecule has 1 atom stereocenters. The molecule has 3 rings (SSSR count). The summed E-state index contributed by atoms with van der Waals surface area (Å²) in [5.74, 6) is 1.87. The Bertz CT molecular complexity index is 756. The maximum Gasteiger partial charge on any atom is 0.193 e. The Hall–Kier alpha value is -2.00. The minimum Gasteiger partial charge on any atom is -0.490 e. The Morgan fingerprint density at radius 3 is 2.68 bits per heavy atom. The Morgan fingerprint density at radius 1 is 1.14 bits per heavy atom. The van der Waals surface area contributed by atoms with Crippen molar-refractivity contribution in [3.63, 3.8) is 0 Å². The average molecular weight is 497 g/mol. The lowest BCUT2D eigenvalue weighted by atomic mass is 10.1. The molecule has 2 aromatic carbocycles. The highest BCUT2D eigenvalue weighted by molar-refractivity contribution is 14.0. The Morgan fingerprint density at radius 2 is 1.89 bits per heavy atom. The normalized spacial score (nSPS) is 14.5. The smallest absolute Gasteiger partial charge is 0.193 e. The standard InChI is InChI=1S/C21H27N3O3.HI/c1-16(17-7-3-2-4-8-17)25-12-5-11-23-21(22)24-18-9-10-19-20(15-18)27-14-6-13-26-19;/h2-4,7-10,15-16H,5-6,11-14H2,1H3,(H3,22,23,24);1H. The molecule has 0 aliphatic carbocycles. The molecular formula is C21H28IN3O3. The maximum atomic E-state index is 5.97. The molecular weight excluding hydrogens is 469 g/mol. The lowest BCUT2D eigenvalue weighted by molar-refractivity contribution is 0.0652. The van der Waals surface area contributed by atoms with E-state index in [-0.39, 0.29) is 30.1 Å². The summed E-state index contributed by atoms with van der Waals surface area (Å²) in [6.07, 6.45) is 1.76. The molecule has 1 aliphatic rings. The minimum atomic E-state index is 0. The van der Waals surface area contributed by atoms with Gasteiger partial charge >= 0.3 is 0 Å². The van der Waals surface area contributed by atoms with Crippen LogP contribution in [0, 0.1) is 0 Å². The van der Waals surface area contributed by atoms with Crippen LogP contribution >= 0.6 is 24.0 Å². The molecule has 0 aromatic heterocycles. The fourth-order valence-electron chi connectivity index (χ4n) is 2.77. The highest BCUT2D eigenvalue weighted by Crippen LogP contribution is 2.32. The number of aliphatic imine (C=N–C) groups is 1. The number of halogens is 1. The fraction of sp³-hybridized carbons (Fsp3) is 0.381. The lowest BCUT2D eigenvalue weighted by Gasteiger charge is -2.13. The molecule has 1 aliphatic heterocycles. The number of fused-ring (bicyclic) bond motifs is 1. The number of anilines is 1. The van der Waals surface area contributed by atoms with Gasteiger partial charge < -0.3 is 25.3 Å². The first-order chi connectivity index (χ1) is 13.2. The molecule has 0 amide bonds. The van der Waals surface area contributed by atoms with Crippen LogP contribution in [0.5, 0.6) is 11.5 Å². The number of rotatable bonds is 7. The van der Waals surface area contributed by atoms with Crippen molar-refractivity contribution < 1.29 is 14.2 Å². The van der Waals surface area contributed by atoms with Gasteiger partial charge in [0.25, 0.3) is 0 Å². The molecule has 0 saturated carbocycles. The largest absolute Gasteiger partial charge is 0.490 e. The van der Waals surface area contributed by atoms with Crippen molar-refractivity contribution in [3.05, 3.63) is 54.1 Å². The van der Waals surface area contributed by atoms with E-state index in [1.165, 1.54) is 5.56 Å². The van der Waals surface area contributed by atoms with E-state index < -0.39 is 0 Å². The minimum absolute atomic E-state index is 0. The van der Waals surface area contributed by atoms with Gasteiger partial charge in [-0.2, -0.15) is 0 Å². The molecule has 0 bridgehead atoms. The van der Waals surface area contributed by atoms with Crippen molar-refractivity contribution in [2.45, 2.75) is 25.9 Å². The lowest BCUT2D eigenvalue weighted by Crippen LogP contribution is -2.23. The van der Waals surface area contributed by atoms with Crippen molar-refractivity contribution in [3.8, 4) is 11.5 Å². The zero-order chi connectivity index (χ0) is 18.9. The van der Waals surface area contributed by atoms with Crippen molar-refractivity contribution in [1.29, 1.82) is 0 Å². The van der Waals surface area contributed by atoms with E-state index in [1.807, 2.05) is 36.4 Å². The molecule has 3 N–H and O–H groups in total. The van der Waals surface area contributed by atoms with E-state index in [0.717, 1.165) is 30.0 Å². The fourth-order valence-corrected chi connectivity index (χ4v) is 2.77. The number of nitrogens with one attached hydrogen (secondary N) is 1. The van der Waals surface area contributed by atoms with Gasteiger partial charge in [0, 0.05) is 31.3 Å². The van der Waals surface area contributed by atoms with Crippen LogP contribution < -0.4 is 20.5 Å². The first kappa shape index (κ1) is 22.3. The summed E-state index contributed by atoms with van der Waals surface area (Å²) < 4.78 is 17.1. The molecule has 28 heavy (non-hydrogen) atoms. The highest BCUT2D eigenvalue weighted by atomic mass is 127. The number of benzene rings is 2. The highest BCUT2D eigenvalue weighted by Gasteiger charge is 2.11. The van der Waals surface area contributed by atoms with Crippen molar-refractivity contribution >= 4 is 35.6 Å². The van der Waals surface area contributed by atoms with Crippen LogP contribution in [-0.4, -0.2) is 32.3 Å². The Balaban J connectivity index is 0.00000280. The third-order valence-corrected chi connectivity index (χ3v) is 4.24. The predicted molar refractivity (Wildman–Crippen MR) is 123 cm³/mol. The number of hydrogen-bond donors (Lipinski definition) is 2. The number of nitrogens with zero attached hydrogens (tertiary/aromatic N) is 1. The van der Waals surface area contributed by atoms with E-state index in [2.05, 4.69) is 29.4 Å². The summed E-state index contributed by atoms with van der Waals surface area (Å²) in [5.41, 5.74) is 7.98. The SMILES string of the molecule is CC(OCCCN=C(N)Nc1ccc2c(c1)OCCCO2)c1ccccc1.I. The third kappa shape index (κ3) is 6.87. The number of hydrogen-bond acceptors (Lipinski definition) is 4. The molecule has 0 spiro atoms. The average Bonchev–Trinajstić information content (AvgIpc) is 2.93. The molecule has 7 heteroatoms.